The first-order valence-corrected chi connectivity index (χ1v) is 6.57. The summed E-state index contributed by atoms with van der Waals surface area (Å²) in [5, 5.41) is 13.3. The van der Waals surface area contributed by atoms with Crippen molar-refractivity contribution in [1.82, 2.24) is 5.32 Å². The molecule has 0 saturated carbocycles. The Balaban J connectivity index is 2.28. The van der Waals surface area contributed by atoms with Crippen molar-refractivity contribution < 1.29 is 5.11 Å². The minimum atomic E-state index is -0.789. The molecule has 1 atom stereocenters. The Labute approximate surface area is 115 Å². The van der Waals surface area contributed by atoms with Gasteiger partial charge in [-0.15, -0.1) is 0 Å². The van der Waals surface area contributed by atoms with E-state index in [1.165, 1.54) is 11.1 Å². The second-order valence-corrected chi connectivity index (χ2v) is 5.36. The zero-order chi connectivity index (χ0) is 13.9. The fourth-order valence-electron chi connectivity index (χ4n) is 2.43. The van der Waals surface area contributed by atoms with Gasteiger partial charge in [0.25, 0.3) is 0 Å². The lowest BCUT2D eigenvalue weighted by Crippen LogP contribution is -2.37. The molecular formula is C17H21NO. The fourth-order valence-corrected chi connectivity index (χ4v) is 2.43. The predicted molar refractivity (Wildman–Crippen MR) is 80.0 cm³/mol. The van der Waals surface area contributed by atoms with Gasteiger partial charge in [0, 0.05) is 0 Å². The highest BCUT2D eigenvalue weighted by Crippen LogP contribution is 2.27. The molecule has 0 spiro atoms. The highest BCUT2D eigenvalue weighted by molar-refractivity contribution is 5.63. The maximum Gasteiger partial charge on any atom is 0.0785 e. The van der Waals surface area contributed by atoms with Crippen molar-refractivity contribution in [3.05, 3.63) is 60.2 Å². The summed E-state index contributed by atoms with van der Waals surface area (Å²) in [6.07, 6.45) is 0. The van der Waals surface area contributed by atoms with Crippen LogP contribution in [0.5, 0.6) is 0 Å². The Morgan fingerprint density at radius 3 is 1.89 bits per heavy atom. The van der Waals surface area contributed by atoms with Gasteiger partial charge in [-0.25, -0.2) is 0 Å². The average molecular weight is 255 g/mol. The van der Waals surface area contributed by atoms with E-state index in [-0.39, 0.29) is 6.04 Å². The lowest BCUT2D eigenvalue weighted by molar-refractivity contribution is 0.0400. The van der Waals surface area contributed by atoms with Gasteiger partial charge in [0.2, 0.25) is 0 Å². The molecule has 19 heavy (non-hydrogen) atoms. The molecular weight excluding hydrogens is 234 g/mol. The molecule has 0 aliphatic rings. The number of hydrogen-bond donors (Lipinski definition) is 2. The molecule has 100 valence electrons. The minimum Gasteiger partial charge on any atom is -0.388 e. The largest absolute Gasteiger partial charge is 0.388 e. The smallest absolute Gasteiger partial charge is 0.0785 e. The molecule has 2 aromatic rings. The van der Waals surface area contributed by atoms with Crippen LogP contribution in [0.1, 0.15) is 25.5 Å². The molecule has 0 bridgehead atoms. The van der Waals surface area contributed by atoms with Gasteiger partial charge in [0.15, 0.2) is 0 Å². The van der Waals surface area contributed by atoms with Crippen molar-refractivity contribution >= 4 is 0 Å². The number of nitrogens with one attached hydrogen (secondary N) is 1. The maximum atomic E-state index is 10.2. The molecule has 0 aromatic heterocycles. The summed E-state index contributed by atoms with van der Waals surface area (Å²) >= 11 is 0. The van der Waals surface area contributed by atoms with Gasteiger partial charge in [-0.3, -0.25) is 0 Å². The fraction of sp³-hybridized carbons (Fsp3) is 0.294. The van der Waals surface area contributed by atoms with E-state index < -0.39 is 5.60 Å². The summed E-state index contributed by atoms with van der Waals surface area (Å²) in [5.74, 6) is 0. The summed E-state index contributed by atoms with van der Waals surface area (Å²) in [4.78, 5) is 0. The third kappa shape index (κ3) is 3.22. The van der Waals surface area contributed by atoms with E-state index in [9.17, 15) is 5.11 Å². The van der Waals surface area contributed by atoms with E-state index >= 15 is 0 Å². The molecule has 2 rings (SSSR count). The first-order chi connectivity index (χ1) is 9.02. The highest BCUT2D eigenvalue weighted by atomic mass is 16.3. The average Bonchev–Trinajstić information content (AvgIpc) is 2.40. The number of rotatable bonds is 4. The van der Waals surface area contributed by atoms with Crippen LogP contribution >= 0.6 is 0 Å². The number of aliphatic hydroxyl groups is 1. The summed E-state index contributed by atoms with van der Waals surface area (Å²) in [7, 11) is 1.87. The van der Waals surface area contributed by atoms with Crippen LogP contribution < -0.4 is 5.32 Å². The summed E-state index contributed by atoms with van der Waals surface area (Å²) in [6, 6.07) is 18.6. The van der Waals surface area contributed by atoms with Gasteiger partial charge in [0.1, 0.15) is 0 Å². The Hall–Kier alpha value is -1.64. The molecule has 0 heterocycles. The predicted octanol–water partition coefficient (Wildman–Crippen LogP) is 3.39. The molecule has 0 fully saturated rings. The molecule has 0 amide bonds. The minimum absolute atomic E-state index is 0.0719. The second kappa shape index (κ2) is 5.55. The van der Waals surface area contributed by atoms with Crippen molar-refractivity contribution in [2.45, 2.75) is 25.5 Å². The Kier molecular flexibility index (Phi) is 4.03. The second-order valence-electron chi connectivity index (χ2n) is 5.36. The van der Waals surface area contributed by atoms with Gasteiger partial charge < -0.3 is 10.4 Å². The van der Waals surface area contributed by atoms with E-state index in [0.717, 1.165) is 5.56 Å². The van der Waals surface area contributed by atoms with Crippen molar-refractivity contribution in [3.63, 3.8) is 0 Å². The lowest BCUT2D eigenvalue weighted by atomic mass is 9.91. The van der Waals surface area contributed by atoms with Crippen molar-refractivity contribution in [2.24, 2.45) is 0 Å². The van der Waals surface area contributed by atoms with E-state index in [4.69, 9.17) is 0 Å². The SMILES string of the molecule is CNC(c1ccc(-c2ccccc2)cc1)C(C)(C)O. The van der Waals surface area contributed by atoms with Crippen molar-refractivity contribution in [3.8, 4) is 11.1 Å². The van der Waals surface area contributed by atoms with Crippen molar-refractivity contribution in [1.29, 1.82) is 0 Å². The zero-order valence-electron chi connectivity index (χ0n) is 11.7. The molecule has 0 radical (unpaired) electrons. The molecule has 0 saturated heterocycles. The first-order valence-electron chi connectivity index (χ1n) is 6.57. The third-order valence-electron chi connectivity index (χ3n) is 3.35. The van der Waals surface area contributed by atoms with E-state index in [1.807, 2.05) is 39.1 Å². The summed E-state index contributed by atoms with van der Waals surface area (Å²) in [6.45, 7) is 3.64. The van der Waals surface area contributed by atoms with Crippen LogP contribution in [0, 0.1) is 0 Å². The number of likely N-dealkylation sites (N-methyl/N-ethyl adjacent to an activating group) is 1. The van der Waals surface area contributed by atoms with Crippen LogP contribution in [0.4, 0.5) is 0 Å². The van der Waals surface area contributed by atoms with E-state index in [2.05, 4.69) is 41.7 Å². The Morgan fingerprint density at radius 2 is 1.42 bits per heavy atom. The molecule has 2 nitrogen and oxygen atoms in total. The van der Waals surface area contributed by atoms with Crippen LogP contribution in [0.3, 0.4) is 0 Å². The summed E-state index contributed by atoms with van der Waals surface area (Å²) < 4.78 is 0. The molecule has 0 aliphatic heterocycles. The van der Waals surface area contributed by atoms with Gasteiger partial charge in [0.05, 0.1) is 11.6 Å². The Morgan fingerprint density at radius 1 is 0.895 bits per heavy atom. The topological polar surface area (TPSA) is 32.3 Å². The van der Waals surface area contributed by atoms with Gasteiger partial charge in [-0.2, -0.15) is 0 Å². The maximum absolute atomic E-state index is 10.2. The summed E-state index contributed by atoms with van der Waals surface area (Å²) in [5.41, 5.74) is 2.70. The molecule has 0 aliphatic carbocycles. The van der Waals surface area contributed by atoms with Gasteiger partial charge in [-0.1, -0.05) is 54.6 Å². The normalized spacial score (nSPS) is 13.3. The standard InChI is InChI=1S/C17H21NO/c1-17(2,19)16(18-3)15-11-9-14(10-12-15)13-7-5-4-6-8-13/h4-12,16,18-19H,1-3H3. The third-order valence-corrected chi connectivity index (χ3v) is 3.35. The van der Waals surface area contributed by atoms with Crippen molar-refractivity contribution in [2.75, 3.05) is 7.05 Å². The van der Waals surface area contributed by atoms with Crippen LogP contribution in [0.25, 0.3) is 11.1 Å². The molecule has 2 heteroatoms. The lowest BCUT2D eigenvalue weighted by Gasteiger charge is -2.29. The quantitative estimate of drug-likeness (QED) is 0.877. The molecule has 1 unspecified atom stereocenters. The van der Waals surface area contributed by atoms with Crippen LogP contribution in [0.2, 0.25) is 0 Å². The van der Waals surface area contributed by atoms with Gasteiger partial charge in [-0.05, 0) is 37.6 Å². The molecule has 2 aromatic carbocycles. The monoisotopic (exact) mass is 255 g/mol. The number of hydrogen-bond acceptors (Lipinski definition) is 2. The zero-order valence-corrected chi connectivity index (χ0v) is 11.7. The van der Waals surface area contributed by atoms with E-state index in [0.29, 0.717) is 0 Å². The first kappa shape index (κ1) is 13.8. The van der Waals surface area contributed by atoms with Gasteiger partial charge >= 0.3 is 0 Å². The highest BCUT2D eigenvalue weighted by Gasteiger charge is 2.26. The number of benzene rings is 2. The van der Waals surface area contributed by atoms with Crippen LogP contribution in [-0.2, 0) is 0 Å². The Bertz CT molecular complexity index is 511. The van der Waals surface area contributed by atoms with Crippen LogP contribution in [0.15, 0.2) is 54.6 Å². The van der Waals surface area contributed by atoms with Crippen LogP contribution in [-0.4, -0.2) is 17.8 Å². The molecule has 2 N–H and O–H groups in total. The van der Waals surface area contributed by atoms with E-state index in [1.54, 1.807) is 0 Å².